The van der Waals surface area contributed by atoms with E-state index in [1.54, 1.807) is 7.11 Å². The van der Waals surface area contributed by atoms with Crippen LogP contribution in [-0.2, 0) is 4.74 Å². The van der Waals surface area contributed by atoms with Crippen LogP contribution in [0.3, 0.4) is 0 Å². The molecule has 2 heteroatoms. The van der Waals surface area contributed by atoms with Gasteiger partial charge in [0.1, 0.15) is 0 Å². The Morgan fingerprint density at radius 3 is 2.67 bits per heavy atom. The highest BCUT2D eigenvalue weighted by Gasteiger charge is 2.27. The van der Waals surface area contributed by atoms with Crippen LogP contribution >= 0.6 is 0 Å². The zero-order valence-corrected chi connectivity index (χ0v) is 8.18. The number of nitrogens with zero attached hydrogens (tertiary/aromatic N) is 1. The molecule has 1 aliphatic carbocycles. The molecule has 0 aromatic carbocycles. The Morgan fingerprint density at radius 2 is 2.25 bits per heavy atom. The zero-order valence-electron chi connectivity index (χ0n) is 8.18. The molecule has 1 aliphatic rings. The molecule has 1 fully saturated rings. The first-order chi connectivity index (χ1) is 5.79. The molecule has 0 saturated heterocycles. The molecule has 1 saturated carbocycles. The predicted octanol–water partition coefficient (Wildman–Crippen LogP) is 1.88. The van der Waals surface area contributed by atoms with E-state index in [0.717, 1.165) is 25.6 Å². The molecule has 0 spiro atoms. The van der Waals surface area contributed by atoms with Crippen LogP contribution < -0.4 is 0 Å². The second kappa shape index (κ2) is 4.51. The Morgan fingerprint density at radius 1 is 1.58 bits per heavy atom. The molecular weight excluding hydrogens is 150 g/mol. The van der Waals surface area contributed by atoms with Crippen LogP contribution in [-0.4, -0.2) is 31.7 Å². The summed E-state index contributed by atoms with van der Waals surface area (Å²) in [6, 6.07) is 0. The number of hydrogen-bond acceptors (Lipinski definition) is 2. The Bertz CT molecular complexity index is 152. The molecule has 70 valence electrons. The largest absolute Gasteiger partial charge is 0.383 e. The molecule has 0 aromatic heterocycles. The average molecular weight is 169 g/mol. The van der Waals surface area contributed by atoms with Gasteiger partial charge in [0.05, 0.1) is 6.61 Å². The van der Waals surface area contributed by atoms with Gasteiger partial charge in [-0.25, -0.2) is 0 Å². The lowest BCUT2D eigenvalue weighted by molar-refractivity contribution is 0.164. The molecule has 0 aliphatic heterocycles. The number of methoxy groups -OCH3 is 1. The molecule has 0 heterocycles. The van der Waals surface area contributed by atoms with Gasteiger partial charge in [0.15, 0.2) is 0 Å². The van der Waals surface area contributed by atoms with Crippen molar-refractivity contribution in [2.45, 2.75) is 19.8 Å². The maximum atomic E-state index is 5.04. The minimum atomic E-state index is 0.779. The first-order valence-electron chi connectivity index (χ1n) is 4.72. The molecule has 0 atom stereocenters. The van der Waals surface area contributed by atoms with E-state index in [-0.39, 0.29) is 0 Å². The molecule has 0 amide bonds. The van der Waals surface area contributed by atoms with Gasteiger partial charge in [0.2, 0.25) is 0 Å². The van der Waals surface area contributed by atoms with Crippen LogP contribution in [0.2, 0.25) is 0 Å². The summed E-state index contributed by atoms with van der Waals surface area (Å²) in [5.41, 5.74) is 1.31. The van der Waals surface area contributed by atoms with E-state index >= 15 is 0 Å². The third-order valence-corrected chi connectivity index (χ3v) is 2.40. The van der Waals surface area contributed by atoms with Crippen molar-refractivity contribution in [2.24, 2.45) is 5.92 Å². The van der Waals surface area contributed by atoms with Crippen LogP contribution in [0.25, 0.3) is 0 Å². The monoisotopic (exact) mass is 169 g/mol. The van der Waals surface area contributed by atoms with Crippen molar-refractivity contribution < 1.29 is 4.74 Å². The fourth-order valence-corrected chi connectivity index (χ4v) is 1.38. The van der Waals surface area contributed by atoms with Crippen molar-refractivity contribution >= 4 is 0 Å². The van der Waals surface area contributed by atoms with Crippen molar-refractivity contribution in [3.8, 4) is 0 Å². The van der Waals surface area contributed by atoms with Crippen LogP contribution in [0.4, 0.5) is 0 Å². The number of allylic oxidation sites excluding steroid dienone is 1. The lowest BCUT2D eigenvalue weighted by Crippen LogP contribution is -2.26. The van der Waals surface area contributed by atoms with E-state index in [0.29, 0.717) is 0 Å². The molecule has 0 radical (unpaired) electrons. The van der Waals surface area contributed by atoms with Gasteiger partial charge in [-0.3, -0.25) is 0 Å². The predicted molar refractivity (Wildman–Crippen MR) is 51.0 cm³/mol. The topological polar surface area (TPSA) is 12.5 Å². The minimum absolute atomic E-state index is 0.779. The minimum Gasteiger partial charge on any atom is -0.383 e. The van der Waals surface area contributed by atoms with Crippen LogP contribution in [0.5, 0.6) is 0 Å². The molecule has 0 N–H and O–H groups in total. The summed E-state index contributed by atoms with van der Waals surface area (Å²) >= 11 is 0. The van der Waals surface area contributed by atoms with Gasteiger partial charge in [-0.05, 0) is 25.7 Å². The van der Waals surface area contributed by atoms with Gasteiger partial charge in [-0.15, -0.1) is 0 Å². The van der Waals surface area contributed by atoms with E-state index in [4.69, 9.17) is 4.74 Å². The summed E-state index contributed by atoms with van der Waals surface area (Å²) in [5, 5.41) is 0. The highest BCUT2D eigenvalue weighted by molar-refractivity contribution is 5.06. The van der Waals surface area contributed by atoms with Gasteiger partial charge >= 0.3 is 0 Å². The van der Waals surface area contributed by atoms with Crippen molar-refractivity contribution in [1.82, 2.24) is 4.90 Å². The molecule has 12 heavy (non-hydrogen) atoms. The number of rotatable bonds is 6. The Balaban J connectivity index is 2.27. The summed E-state index contributed by atoms with van der Waals surface area (Å²) in [7, 11) is 1.74. The van der Waals surface area contributed by atoms with Crippen molar-refractivity contribution in [3.63, 3.8) is 0 Å². The lowest BCUT2D eigenvalue weighted by atomic mass is 10.3. The Labute approximate surface area is 75.2 Å². The zero-order chi connectivity index (χ0) is 8.97. The molecule has 0 aromatic rings. The van der Waals surface area contributed by atoms with E-state index in [2.05, 4.69) is 18.4 Å². The van der Waals surface area contributed by atoms with Gasteiger partial charge in [0, 0.05) is 25.9 Å². The number of likely N-dealkylation sites (N-methyl/N-ethyl adjacent to an activating group) is 1. The summed E-state index contributed by atoms with van der Waals surface area (Å²) in [6.45, 7) is 9.13. The fourth-order valence-electron chi connectivity index (χ4n) is 1.38. The third kappa shape index (κ3) is 2.52. The lowest BCUT2D eigenvalue weighted by Gasteiger charge is -2.24. The molecule has 0 bridgehead atoms. The third-order valence-electron chi connectivity index (χ3n) is 2.40. The quantitative estimate of drug-likeness (QED) is 0.602. The maximum absolute atomic E-state index is 5.04. The number of hydrogen-bond donors (Lipinski definition) is 0. The van der Waals surface area contributed by atoms with E-state index in [1.165, 1.54) is 18.5 Å². The first kappa shape index (κ1) is 9.59. The van der Waals surface area contributed by atoms with Gasteiger partial charge in [-0.2, -0.15) is 0 Å². The standard InChI is InChI=1S/C10H19NO/c1-4-11(7-8-12-3)9(2)10-5-6-10/h10H,2,4-8H2,1,3H3. The number of ether oxygens (including phenoxy) is 1. The normalized spacial score (nSPS) is 16.2. The highest BCUT2D eigenvalue weighted by atomic mass is 16.5. The van der Waals surface area contributed by atoms with Gasteiger partial charge < -0.3 is 9.64 Å². The molecule has 2 nitrogen and oxygen atoms in total. The van der Waals surface area contributed by atoms with E-state index < -0.39 is 0 Å². The molecule has 0 unspecified atom stereocenters. The average Bonchev–Trinajstić information content (AvgIpc) is 2.88. The fraction of sp³-hybridized carbons (Fsp3) is 0.800. The summed E-state index contributed by atoms with van der Waals surface area (Å²) in [5.74, 6) is 0.779. The van der Waals surface area contributed by atoms with Gasteiger partial charge in [0.25, 0.3) is 0 Å². The van der Waals surface area contributed by atoms with E-state index in [9.17, 15) is 0 Å². The van der Waals surface area contributed by atoms with Crippen LogP contribution in [0.1, 0.15) is 19.8 Å². The van der Waals surface area contributed by atoms with Crippen LogP contribution in [0, 0.1) is 5.92 Å². The second-order valence-corrected chi connectivity index (χ2v) is 3.34. The molecule has 1 rings (SSSR count). The first-order valence-corrected chi connectivity index (χ1v) is 4.72. The second-order valence-electron chi connectivity index (χ2n) is 3.34. The van der Waals surface area contributed by atoms with Gasteiger partial charge in [-0.1, -0.05) is 6.58 Å². The summed E-state index contributed by atoms with van der Waals surface area (Å²) < 4.78 is 5.04. The Kier molecular flexibility index (Phi) is 3.60. The van der Waals surface area contributed by atoms with Crippen molar-refractivity contribution in [2.75, 3.05) is 26.8 Å². The van der Waals surface area contributed by atoms with Crippen molar-refractivity contribution in [3.05, 3.63) is 12.3 Å². The maximum Gasteiger partial charge on any atom is 0.0637 e. The highest BCUT2D eigenvalue weighted by Crippen LogP contribution is 2.36. The van der Waals surface area contributed by atoms with Crippen molar-refractivity contribution in [1.29, 1.82) is 0 Å². The molecular formula is C10H19NO. The summed E-state index contributed by atoms with van der Waals surface area (Å²) in [6.07, 6.45) is 2.67. The Hall–Kier alpha value is -0.500. The van der Waals surface area contributed by atoms with Crippen LogP contribution in [0.15, 0.2) is 12.3 Å². The van der Waals surface area contributed by atoms with E-state index in [1.807, 2.05) is 0 Å². The SMILES string of the molecule is C=C(C1CC1)N(CC)CCOC. The smallest absolute Gasteiger partial charge is 0.0637 e. The summed E-state index contributed by atoms with van der Waals surface area (Å²) in [4.78, 5) is 2.32.